The van der Waals surface area contributed by atoms with Gasteiger partial charge in [-0.1, -0.05) is 18.2 Å². The number of hydrogen-bond acceptors (Lipinski definition) is 2. The molecule has 1 aliphatic rings. The molecule has 0 amide bonds. The minimum atomic E-state index is -0.660. The van der Waals surface area contributed by atoms with Gasteiger partial charge < -0.3 is 5.11 Å². The Bertz CT molecular complexity index is 310. The van der Waals surface area contributed by atoms with Crippen LogP contribution in [0.15, 0.2) is 24.3 Å². The molecule has 1 saturated heterocycles. The third-order valence-electron chi connectivity index (χ3n) is 2.22. The van der Waals surface area contributed by atoms with Gasteiger partial charge in [0.05, 0.1) is 5.60 Å². The van der Waals surface area contributed by atoms with Gasteiger partial charge in [0.15, 0.2) is 0 Å². The van der Waals surface area contributed by atoms with Crippen molar-refractivity contribution in [2.45, 2.75) is 12.0 Å². The molecular formula is C10H11FOS. The van der Waals surface area contributed by atoms with Crippen LogP contribution in [0.5, 0.6) is 0 Å². The predicted molar refractivity (Wildman–Crippen MR) is 52.4 cm³/mol. The Morgan fingerprint density at radius 2 is 2.08 bits per heavy atom. The van der Waals surface area contributed by atoms with Crippen LogP contribution in [-0.2, 0) is 6.42 Å². The van der Waals surface area contributed by atoms with E-state index in [1.165, 1.54) is 6.07 Å². The maximum absolute atomic E-state index is 13.2. The number of rotatable bonds is 2. The fourth-order valence-corrected chi connectivity index (χ4v) is 2.32. The average Bonchev–Trinajstić information content (AvgIpc) is 2.06. The van der Waals surface area contributed by atoms with Crippen LogP contribution in [0.4, 0.5) is 4.39 Å². The van der Waals surface area contributed by atoms with E-state index in [-0.39, 0.29) is 5.82 Å². The molecule has 0 bridgehead atoms. The molecule has 0 radical (unpaired) electrons. The summed E-state index contributed by atoms with van der Waals surface area (Å²) in [4.78, 5) is 0. The van der Waals surface area contributed by atoms with Gasteiger partial charge >= 0.3 is 0 Å². The molecule has 0 unspecified atom stereocenters. The van der Waals surface area contributed by atoms with Gasteiger partial charge in [0.2, 0.25) is 0 Å². The predicted octanol–water partition coefficient (Wildman–Crippen LogP) is 1.85. The number of benzene rings is 1. The van der Waals surface area contributed by atoms with E-state index in [1.54, 1.807) is 30.0 Å². The molecule has 0 saturated carbocycles. The lowest BCUT2D eigenvalue weighted by Gasteiger charge is -2.36. The van der Waals surface area contributed by atoms with E-state index in [0.29, 0.717) is 12.0 Å². The van der Waals surface area contributed by atoms with E-state index in [1.807, 2.05) is 0 Å². The normalized spacial score (nSPS) is 19.5. The minimum Gasteiger partial charge on any atom is -0.388 e. The van der Waals surface area contributed by atoms with Gasteiger partial charge in [-0.2, -0.15) is 11.8 Å². The van der Waals surface area contributed by atoms with Crippen molar-refractivity contribution in [2.75, 3.05) is 11.5 Å². The standard InChI is InChI=1S/C10H11FOS/c11-9-4-2-1-3-8(9)5-10(12)6-13-7-10/h1-4,12H,5-7H2. The van der Waals surface area contributed by atoms with Crippen molar-refractivity contribution in [3.05, 3.63) is 35.6 Å². The molecule has 1 aromatic carbocycles. The van der Waals surface area contributed by atoms with Crippen molar-refractivity contribution < 1.29 is 9.50 Å². The molecule has 3 heteroatoms. The van der Waals surface area contributed by atoms with Crippen molar-refractivity contribution in [1.29, 1.82) is 0 Å². The number of hydrogen-bond donors (Lipinski definition) is 1. The quantitative estimate of drug-likeness (QED) is 0.782. The topological polar surface area (TPSA) is 20.2 Å². The molecule has 1 aliphatic heterocycles. The van der Waals surface area contributed by atoms with Gasteiger partial charge in [0.25, 0.3) is 0 Å². The zero-order valence-corrected chi connectivity index (χ0v) is 7.98. The number of halogens is 1. The monoisotopic (exact) mass is 198 g/mol. The second-order valence-corrected chi connectivity index (χ2v) is 4.47. The molecule has 0 aromatic heterocycles. The van der Waals surface area contributed by atoms with Gasteiger partial charge in [-0.3, -0.25) is 0 Å². The van der Waals surface area contributed by atoms with Gasteiger partial charge in [-0.25, -0.2) is 4.39 Å². The van der Waals surface area contributed by atoms with Gasteiger partial charge in [0, 0.05) is 17.9 Å². The molecule has 1 N–H and O–H groups in total. The second kappa shape index (κ2) is 3.31. The summed E-state index contributed by atoms with van der Waals surface area (Å²) in [5.41, 5.74) is -0.0438. The van der Waals surface area contributed by atoms with Crippen LogP contribution in [-0.4, -0.2) is 22.2 Å². The SMILES string of the molecule is OC1(Cc2ccccc2F)CSC1. The Hall–Kier alpha value is -0.540. The van der Waals surface area contributed by atoms with E-state index in [4.69, 9.17) is 0 Å². The summed E-state index contributed by atoms with van der Waals surface area (Å²) in [6.45, 7) is 0. The Labute approximate surface area is 81.0 Å². The van der Waals surface area contributed by atoms with E-state index < -0.39 is 5.60 Å². The Balaban J connectivity index is 2.13. The molecule has 1 heterocycles. The van der Waals surface area contributed by atoms with Crippen LogP contribution < -0.4 is 0 Å². The van der Waals surface area contributed by atoms with Crippen LogP contribution in [0.1, 0.15) is 5.56 Å². The summed E-state index contributed by atoms with van der Waals surface area (Å²) in [5, 5.41) is 9.80. The zero-order valence-electron chi connectivity index (χ0n) is 7.16. The summed E-state index contributed by atoms with van der Waals surface area (Å²) in [6.07, 6.45) is 0.437. The molecule has 2 rings (SSSR count). The van der Waals surface area contributed by atoms with Gasteiger partial charge in [0.1, 0.15) is 5.82 Å². The highest BCUT2D eigenvalue weighted by Crippen LogP contribution is 2.32. The van der Waals surface area contributed by atoms with E-state index in [0.717, 1.165) is 11.5 Å². The first kappa shape index (κ1) is 9.03. The second-order valence-electron chi connectivity index (χ2n) is 3.49. The number of thioether (sulfide) groups is 1. The van der Waals surface area contributed by atoms with Crippen molar-refractivity contribution in [3.8, 4) is 0 Å². The highest BCUT2D eigenvalue weighted by Gasteiger charge is 2.35. The summed E-state index contributed by atoms with van der Waals surface area (Å²) in [6, 6.07) is 6.63. The van der Waals surface area contributed by atoms with Crippen molar-refractivity contribution in [2.24, 2.45) is 0 Å². The van der Waals surface area contributed by atoms with E-state index >= 15 is 0 Å². The van der Waals surface area contributed by atoms with Crippen LogP contribution >= 0.6 is 11.8 Å². The zero-order chi connectivity index (χ0) is 9.31. The molecular weight excluding hydrogens is 187 g/mol. The van der Waals surface area contributed by atoms with Gasteiger partial charge in [-0.05, 0) is 11.6 Å². The van der Waals surface area contributed by atoms with Crippen LogP contribution in [0.25, 0.3) is 0 Å². The Morgan fingerprint density at radius 1 is 1.38 bits per heavy atom. The molecule has 1 fully saturated rings. The summed E-state index contributed by atoms with van der Waals surface area (Å²) < 4.78 is 13.2. The lowest BCUT2D eigenvalue weighted by molar-refractivity contribution is 0.0783. The summed E-state index contributed by atoms with van der Waals surface area (Å²) >= 11 is 1.70. The van der Waals surface area contributed by atoms with Crippen LogP contribution in [0.3, 0.4) is 0 Å². The van der Waals surface area contributed by atoms with Crippen LogP contribution in [0, 0.1) is 5.82 Å². The molecule has 0 spiro atoms. The average molecular weight is 198 g/mol. The highest BCUT2D eigenvalue weighted by molar-refractivity contribution is 8.00. The first-order chi connectivity index (χ1) is 6.20. The highest BCUT2D eigenvalue weighted by atomic mass is 32.2. The van der Waals surface area contributed by atoms with Gasteiger partial charge in [-0.15, -0.1) is 0 Å². The Morgan fingerprint density at radius 3 is 2.62 bits per heavy atom. The molecule has 1 aromatic rings. The first-order valence-electron chi connectivity index (χ1n) is 4.23. The maximum Gasteiger partial charge on any atom is 0.126 e. The maximum atomic E-state index is 13.2. The van der Waals surface area contributed by atoms with Crippen molar-refractivity contribution >= 4 is 11.8 Å². The first-order valence-corrected chi connectivity index (χ1v) is 5.39. The molecule has 70 valence electrons. The molecule has 0 atom stereocenters. The Kier molecular flexibility index (Phi) is 2.30. The fraction of sp³-hybridized carbons (Fsp3) is 0.400. The lowest BCUT2D eigenvalue weighted by Crippen LogP contribution is -2.45. The number of aliphatic hydroxyl groups is 1. The molecule has 1 nitrogen and oxygen atoms in total. The van der Waals surface area contributed by atoms with E-state index in [2.05, 4.69) is 0 Å². The van der Waals surface area contributed by atoms with Crippen molar-refractivity contribution in [3.63, 3.8) is 0 Å². The third-order valence-corrected chi connectivity index (χ3v) is 3.70. The minimum absolute atomic E-state index is 0.215. The van der Waals surface area contributed by atoms with Crippen LogP contribution in [0.2, 0.25) is 0 Å². The summed E-state index contributed by atoms with van der Waals surface area (Å²) in [5.74, 6) is 1.23. The summed E-state index contributed by atoms with van der Waals surface area (Å²) in [7, 11) is 0. The van der Waals surface area contributed by atoms with Crippen molar-refractivity contribution in [1.82, 2.24) is 0 Å². The smallest absolute Gasteiger partial charge is 0.126 e. The molecule has 13 heavy (non-hydrogen) atoms. The van der Waals surface area contributed by atoms with E-state index in [9.17, 15) is 9.50 Å². The molecule has 0 aliphatic carbocycles. The fourth-order valence-electron chi connectivity index (χ4n) is 1.44. The third kappa shape index (κ3) is 1.86. The largest absolute Gasteiger partial charge is 0.388 e. The lowest BCUT2D eigenvalue weighted by atomic mass is 9.97.